The Morgan fingerprint density at radius 3 is 2.06 bits per heavy atom. The average Bonchev–Trinajstić information content (AvgIpc) is 2.14. The molecule has 0 aromatic heterocycles. The highest BCUT2D eigenvalue weighted by Gasteiger charge is 2.64. The van der Waals surface area contributed by atoms with Gasteiger partial charge < -0.3 is 29.5 Å². The van der Waals surface area contributed by atoms with Crippen LogP contribution in [0.4, 0.5) is 0 Å². The van der Waals surface area contributed by atoms with Gasteiger partial charge in [-0.05, 0) is 0 Å². The van der Waals surface area contributed by atoms with Crippen LogP contribution in [0.1, 0.15) is 0 Å². The number of hydrogen-bond acceptors (Lipinski definition) is 5. The molecular weight excluding hydrogens is 282 g/mol. The molecule has 2 unspecified atom stereocenters. The van der Waals surface area contributed by atoms with Gasteiger partial charge in [0, 0.05) is 7.11 Å². The van der Waals surface area contributed by atoms with Gasteiger partial charge in [-0.2, -0.15) is 0 Å². The lowest BCUT2D eigenvalue weighted by atomic mass is 10.2. The molecule has 0 aliphatic heterocycles. The van der Waals surface area contributed by atoms with Gasteiger partial charge in [-0.1, -0.05) is 11.6 Å². The van der Waals surface area contributed by atoms with Crippen LogP contribution in [0.15, 0.2) is 0 Å². The van der Waals surface area contributed by atoms with E-state index in [0.717, 1.165) is 7.11 Å². The van der Waals surface area contributed by atoms with E-state index in [9.17, 15) is 14.2 Å². The molecule has 0 bridgehead atoms. The molecule has 0 aromatic rings. The standard InChI is InChI=1S/C6H10ClO9P/c1-15-3(4(8)9)6(5(10)11,16-2-7)17(12,13)14/h3H,2H2,1H3,(H,8,9)(H,10,11)(H2,12,13,14). The number of carboxylic acids is 2. The van der Waals surface area contributed by atoms with Gasteiger partial charge in [-0.25, -0.2) is 9.59 Å². The lowest BCUT2D eigenvalue weighted by Crippen LogP contribution is -2.55. The molecule has 0 aromatic carbocycles. The molecule has 0 saturated carbocycles. The topological polar surface area (TPSA) is 151 Å². The first-order chi connectivity index (χ1) is 7.65. The summed E-state index contributed by atoms with van der Waals surface area (Å²) < 4.78 is 19.7. The number of alkyl halides is 1. The number of methoxy groups -OCH3 is 1. The van der Waals surface area contributed by atoms with Gasteiger partial charge in [0.05, 0.1) is 0 Å². The van der Waals surface area contributed by atoms with Gasteiger partial charge in [0.2, 0.25) is 6.10 Å². The molecule has 0 fully saturated rings. The number of halogens is 1. The minimum absolute atomic E-state index is 0.768. The zero-order valence-corrected chi connectivity index (χ0v) is 10.1. The van der Waals surface area contributed by atoms with Crippen LogP contribution in [0.25, 0.3) is 0 Å². The zero-order chi connectivity index (χ0) is 13.9. The van der Waals surface area contributed by atoms with Gasteiger partial charge in [-0.3, -0.25) is 4.57 Å². The second kappa shape index (κ2) is 5.76. The second-order valence-electron chi connectivity index (χ2n) is 2.75. The molecule has 0 amide bonds. The summed E-state index contributed by atoms with van der Waals surface area (Å²) in [6.45, 7) is 0. The lowest BCUT2D eigenvalue weighted by Gasteiger charge is -2.32. The van der Waals surface area contributed by atoms with E-state index in [1.54, 1.807) is 0 Å². The summed E-state index contributed by atoms with van der Waals surface area (Å²) in [4.78, 5) is 39.7. The van der Waals surface area contributed by atoms with E-state index in [2.05, 4.69) is 9.47 Å². The Labute approximate surface area is 100 Å². The highest BCUT2D eigenvalue weighted by molar-refractivity contribution is 7.54. The van der Waals surface area contributed by atoms with Crippen molar-refractivity contribution in [2.45, 2.75) is 11.4 Å². The summed E-state index contributed by atoms with van der Waals surface area (Å²) in [6, 6.07) is -0.940. The van der Waals surface area contributed by atoms with Crippen LogP contribution < -0.4 is 0 Å². The molecule has 4 N–H and O–H groups in total. The summed E-state index contributed by atoms with van der Waals surface area (Å²) in [5.74, 6) is -4.11. The third-order valence-corrected chi connectivity index (χ3v) is 3.36. The molecule has 11 heteroatoms. The van der Waals surface area contributed by atoms with Crippen LogP contribution >= 0.6 is 19.2 Å². The van der Waals surface area contributed by atoms with Crippen molar-refractivity contribution in [1.82, 2.24) is 0 Å². The van der Waals surface area contributed by atoms with Gasteiger partial charge >= 0.3 is 24.9 Å². The van der Waals surface area contributed by atoms with Crippen molar-refractivity contribution in [3.05, 3.63) is 0 Å². The maximum atomic E-state index is 11.2. The predicted molar refractivity (Wildman–Crippen MR) is 52.6 cm³/mol. The summed E-state index contributed by atoms with van der Waals surface area (Å²) in [5, 5.41) is 14.1. The van der Waals surface area contributed by atoms with Gasteiger partial charge in [-0.15, -0.1) is 0 Å². The summed E-state index contributed by atoms with van der Waals surface area (Å²) in [5.41, 5.74) is 0. The van der Waals surface area contributed by atoms with E-state index >= 15 is 0 Å². The number of hydrogen-bond donors (Lipinski definition) is 4. The third-order valence-electron chi connectivity index (χ3n) is 1.83. The fourth-order valence-electron chi connectivity index (χ4n) is 1.12. The molecule has 0 saturated heterocycles. The lowest BCUT2D eigenvalue weighted by molar-refractivity contribution is -0.181. The Morgan fingerprint density at radius 1 is 1.41 bits per heavy atom. The Bertz CT molecular complexity index is 351. The maximum Gasteiger partial charge on any atom is 0.372 e. The van der Waals surface area contributed by atoms with Crippen molar-refractivity contribution in [1.29, 1.82) is 0 Å². The van der Waals surface area contributed by atoms with Crippen molar-refractivity contribution < 1.29 is 43.6 Å². The van der Waals surface area contributed by atoms with Crippen molar-refractivity contribution >= 4 is 31.1 Å². The molecule has 0 spiro atoms. The first-order valence-electron chi connectivity index (χ1n) is 3.89. The SMILES string of the molecule is COC(C(=O)O)C(OCCl)(C(=O)O)P(=O)(O)O. The van der Waals surface area contributed by atoms with Crippen LogP contribution in [0, 0.1) is 0 Å². The van der Waals surface area contributed by atoms with Crippen LogP contribution in [-0.2, 0) is 23.6 Å². The Hall–Kier alpha value is -0.700. The summed E-state index contributed by atoms with van der Waals surface area (Å²) in [6.07, 6.45) is -2.42. The van der Waals surface area contributed by atoms with Crippen LogP contribution in [0.5, 0.6) is 0 Å². The molecular formula is C6H10ClO9P. The summed E-state index contributed by atoms with van der Waals surface area (Å²) >= 11 is 5.06. The molecule has 9 nitrogen and oxygen atoms in total. The maximum absolute atomic E-state index is 11.2. The first kappa shape index (κ1) is 16.3. The normalized spacial score (nSPS) is 17.2. The minimum atomic E-state index is -5.52. The van der Waals surface area contributed by atoms with E-state index < -0.39 is 37.0 Å². The molecule has 100 valence electrons. The zero-order valence-electron chi connectivity index (χ0n) is 8.44. The van der Waals surface area contributed by atoms with E-state index in [0.29, 0.717) is 0 Å². The molecule has 0 rings (SSSR count). The van der Waals surface area contributed by atoms with Crippen LogP contribution in [0.2, 0.25) is 0 Å². The number of rotatable bonds is 7. The third kappa shape index (κ3) is 2.95. The Kier molecular flexibility index (Phi) is 5.53. The van der Waals surface area contributed by atoms with Gasteiger partial charge in [0.1, 0.15) is 6.07 Å². The Balaban J connectivity index is 5.88. The minimum Gasteiger partial charge on any atom is -0.479 e. The molecule has 17 heavy (non-hydrogen) atoms. The van der Waals surface area contributed by atoms with E-state index in [1.807, 2.05) is 0 Å². The van der Waals surface area contributed by atoms with Crippen LogP contribution in [-0.4, -0.2) is 56.6 Å². The van der Waals surface area contributed by atoms with Crippen molar-refractivity contribution in [3.8, 4) is 0 Å². The largest absolute Gasteiger partial charge is 0.479 e. The van der Waals surface area contributed by atoms with Crippen molar-refractivity contribution in [2.75, 3.05) is 13.2 Å². The highest BCUT2D eigenvalue weighted by Crippen LogP contribution is 2.54. The van der Waals surface area contributed by atoms with Gasteiger partial charge in [0.15, 0.2) is 0 Å². The van der Waals surface area contributed by atoms with Crippen LogP contribution in [0.3, 0.4) is 0 Å². The van der Waals surface area contributed by atoms with Crippen molar-refractivity contribution in [3.63, 3.8) is 0 Å². The number of aliphatic carboxylic acids is 2. The highest BCUT2D eigenvalue weighted by atomic mass is 35.5. The monoisotopic (exact) mass is 292 g/mol. The quantitative estimate of drug-likeness (QED) is 0.351. The summed E-state index contributed by atoms with van der Waals surface area (Å²) in [7, 11) is -4.75. The predicted octanol–water partition coefficient (Wildman–Crippen LogP) is -0.743. The average molecular weight is 293 g/mol. The number of carbonyl (C=O) groups is 2. The van der Waals surface area contributed by atoms with E-state index in [4.69, 9.17) is 31.6 Å². The fourth-order valence-corrected chi connectivity index (χ4v) is 2.37. The molecule has 0 aliphatic rings. The molecule has 2 atom stereocenters. The van der Waals surface area contributed by atoms with E-state index in [-0.39, 0.29) is 0 Å². The smallest absolute Gasteiger partial charge is 0.372 e. The van der Waals surface area contributed by atoms with Crippen molar-refractivity contribution in [2.24, 2.45) is 0 Å². The van der Waals surface area contributed by atoms with E-state index in [1.165, 1.54) is 0 Å². The Morgan fingerprint density at radius 2 is 1.88 bits per heavy atom. The number of ether oxygens (including phenoxy) is 2. The molecule has 0 heterocycles. The first-order valence-corrected chi connectivity index (χ1v) is 6.04. The fraction of sp³-hybridized carbons (Fsp3) is 0.667. The second-order valence-corrected chi connectivity index (χ2v) is 4.72. The molecule has 0 aliphatic carbocycles. The molecule has 0 radical (unpaired) electrons. The number of carboxylic acid groups (broad SMARTS) is 2. The van der Waals surface area contributed by atoms with Gasteiger partial charge in [0.25, 0.3) is 0 Å².